The maximum Gasteiger partial charge on any atom is 0.306 e. The largest absolute Gasteiger partial charge is 0.466 e. The summed E-state index contributed by atoms with van der Waals surface area (Å²) in [4.78, 5) is 28.6. The summed E-state index contributed by atoms with van der Waals surface area (Å²) in [7, 11) is 0. The van der Waals surface area contributed by atoms with Gasteiger partial charge in [-0.2, -0.15) is 5.26 Å². The molecule has 1 aromatic carbocycles. The predicted molar refractivity (Wildman–Crippen MR) is 114 cm³/mol. The lowest BCUT2D eigenvalue weighted by molar-refractivity contribution is -0.149. The van der Waals surface area contributed by atoms with E-state index in [1.165, 1.54) is 0 Å². The lowest BCUT2D eigenvalue weighted by Crippen LogP contribution is -2.34. The Kier molecular flexibility index (Phi) is 6.68. The van der Waals surface area contributed by atoms with Crippen molar-refractivity contribution in [2.75, 3.05) is 18.5 Å². The van der Waals surface area contributed by atoms with Crippen LogP contribution in [0.2, 0.25) is 0 Å². The van der Waals surface area contributed by atoms with Gasteiger partial charge in [0.15, 0.2) is 0 Å². The van der Waals surface area contributed by atoms with Gasteiger partial charge >= 0.3 is 5.97 Å². The van der Waals surface area contributed by atoms with E-state index in [1.54, 1.807) is 12.3 Å². The highest BCUT2D eigenvalue weighted by Gasteiger charge is 2.22. The number of amides is 1. The van der Waals surface area contributed by atoms with E-state index in [0.717, 1.165) is 23.2 Å². The minimum Gasteiger partial charge on any atom is -0.466 e. The number of hydrogen-bond donors (Lipinski definition) is 2. The van der Waals surface area contributed by atoms with Gasteiger partial charge in [0.05, 0.1) is 30.2 Å². The fourth-order valence-electron chi connectivity index (χ4n) is 3.46. The number of hydrogen-bond acceptors (Lipinski definition) is 6. The molecule has 1 saturated heterocycles. The maximum atomic E-state index is 12.8. The van der Waals surface area contributed by atoms with Gasteiger partial charge in [-0.3, -0.25) is 9.59 Å². The number of nitriles is 1. The fourth-order valence-corrected chi connectivity index (χ4v) is 3.46. The minimum absolute atomic E-state index is 0.103. The van der Waals surface area contributed by atoms with E-state index in [9.17, 15) is 9.59 Å². The standard InChI is InChI=1S/C23H26N4O3/c1-14(2)18-10-21(27-20-5-4-16(11-24)8-15(20)3)25-13-19(18)23(29)26-12-17-6-7-30-22(28)9-17/h4-5,8,10,13-14,17H,6-7,9,12H2,1-3H3,(H,25,27)(H,26,29). The van der Waals surface area contributed by atoms with Crippen molar-refractivity contribution in [1.82, 2.24) is 10.3 Å². The third-order valence-corrected chi connectivity index (χ3v) is 5.22. The van der Waals surface area contributed by atoms with Gasteiger partial charge in [0.1, 0.15) is 5.82 Å². The zero-order chi connectivity index (χ0) is 21.7. The van der Waals surface area contributed by atoms with E-state index >= 15 is 0 Å². The van der Waals surface area contributed by atoms with Crippen molar-refractivity contribution in [2.45, 2.75) is 39.5 Å². The molecule has 1 aliphatic heterocycles. The maximum absolute atomic E-state index is 12.8. The third-order valence-electron chi connectivity index (χ3n) is 5.22. The average molecular weight is 406 g/mol. The number of rotatable bonds is 6. The summed E-state index contributed by atoms with van der Waals surface area (Å²) in [5.41, 5.74) is 3.82. The molecule has 1 fully saturated rings. The molecule has 1 aliphatic rings. The van der Waals surface area contributed by atoms with Crippen LogP contribution in [0.5, 0.6) is 0 Å². The van der Waals surface area contributed by atoms with Crippen LogP contribution in [0.25, 0.3) is 0 Å². The molecule has 1 unspecified atom stereocenters. The highest BCUT2D eigenvalue weighted by atomic mass is 16.5. The number of esters is 1. The van der Waals surface area contributed by atoms with Gasteiger partial charge in [-0.25, -0.2) is 4.98 Å². The van der Waals surface area contributed by atoms with Crippen molar-refractivity contribution in [1.29, 1.82) is 5.26 Å². The second-order valence-electron chi connectivity index (χ2n) is 7.87. The number of carbonyl (C=O) groups excluding carboxylic acids is 2. The summed E-state index contributed by atoms with van der Waals surface area (Å²) in [5, 5.41) is 15.2. The molecule has 1 aromatic heterocycles. The SMILES string of the molecule is Cc1cc(C#N)ccc1Nc1cc(C(C)C)c(C(=O)NCC2CCOC(=O)C2)cn1. The summed E-state index contributed by atoms with van der Waals surface area (Å²) in [6.07, 6.45) is 2.68. The molecule has 0 aliphatic carbocycles. The van der Waals surface area contributed by atoms with E-state index < -0.39 is 0 Å². The number of benzene rings is 1. The Morgan fingerprint density at radius 1 is 1.37 bits per heavy atom. The third kappa shape index (κ3) is 5.15. The van der Waals surface area contributed by atoms with Crippen LogP contribution in [0, 0.1) is 24.2 Å². The van der Waals surface area contributed by atoms with Crippen LogP contribution in [0.3, 0.4) is 0 Å². The molecular weight excluding hydrogens is 380 g/mol. The van der Waals surface area contributed by atoms with Crippen molar-refractivity contribution in [3.8, 4) is 6.07 Å². The summed E-state index contributed by atoms with van der Waals surface area (Å²) in [6.45, 7) is 6.83. The molecule has 0 saturated carbocycles. The van der Waals surface area contributed by atoms with E-state index in [2.05, 4.69) is 21.7 Å². The van der Waals surface area contributed by atoms with Crippen molar-refractivity contribution >= 4 is 23.4 Å². The average Bonchev–Trinajstić information content (AvgIpc) is 2.73. The van der Waals surface area contributed by atoms with Gasteiger partial charge in [0.2, 0.25) is 0 Å². The van der Waals surface area contributed by atoms with E-state index in [0.29, 0.717) is 36.5 Å². The Labute approximate surface area is 176 Å². The number of anilines is 2. The topological polar surface area (TPSA) is 104 Å². The number of aryl methyl sites for hydroxylation is 1. The van der Waals surface area contributed by atoms with Gasteiger partial charge in [-0.15, -0.1) is 0 Å². The Morgan fingerprint density at radius 3 is 2.83 bits per heavy atom. The Bertz CT molecular complexity index is 994. The van der Waals surface area contributed by atoms with Crippen molar-refractivity contribution in [2.24, 2.45) is 5.92 Å². The minimum atomic E-state index is -0.210. The van der Waals surface area contributed by atoms with Gasteiger partial charge < -0.3 is 15.4 Å². The highest BCUT2D eigenvalue weighted by molar-refractivity contribution is 5.96. The van der Waals surface area contributed by atoms with E-state index in [-0.39, 0.29) is 23.7 Å². The number of ether oxygens (including phenoxy) is 1. The number of cyclic esters (lactones) is 1. The molecule has 2 aromatic rings. The van der Waals surface area contributed by atoms with Crippen molar-refractivity contribution in [3.05, 3.63) is 52.7 Å². The first-order valence-corrected chi connectivity index (χ1v) is 10.1. The number of nitrogens with one attached hydrogen (secondary N) is 2. The van der Waals surface area contributed by atoms with Gasteiger partial charge in [-0.05, 0) is 60.6 Å². The Morgan fingerprint density at radius 2 is 2.17 bits per heavy atom. The summed E-state index contributed by atoms with van der Waals surface area (Å²) in [6, 6.07) is 9.42. The van der Waals surface area contributed by atoms with Gasteiger partial charge in [0.25, 0.3) is 5.91 Å². The number of nitrogens with zero attached hydrogens (tertiary/aromatic N) is 2. The molecule has 3 rings (SSSR count). The first-order chi connectivity index (χ1) is 14.4. The van der Waals surface area contributed by atoms with E-state index in [1.807, 2.05) is 39.0 Å². The fraction of sp³-hybridized carbons (Fsp3) is 0.391. The molecule has 2 N–H and O–H groups in total. The molecule has 2 heterocycles. The molecule has 30 heavy (non-hydrogen) atoms. The number of pyridine rings is 1. The van der Waals surface area contributed by atoms with Crippen molar-refractivity contribution in [3.63, 3.8) is 0 Å². The zero-order valence-corrected chi connectivity index (χ0v) is 17.5. The van der Waals surface area contributed by atoms with Crippen LogP contribution in [0.4, 0.5) is 11.5 Å². The smallest absolute Gasteiger partial charge is 0.306 e. The molecule has 7 heteroatoms. The monoisotopic (exact) mass is 406 g/mol. The van der Waals surface area contributed by atoms with Gasteiger partial charge in [-0.1, -0.05) is 13.8 Å². The molecule has 0 spiro atoms. The molecule has 0 radical (unpaired) electrons. The molecule has 7 nitrogen and oxygen atoms in total. The second-order valence-corrected chi connectivity index (χ2v) is 7.87. The lowest BCUT2D eigenvalue weighted by Gasteiger charge is -2.22. The van der Waals surface area contributed by atoms with Crippen molar-refractivity contribution < 1.29 is 14.3 Å². The van der Waals surface area contributed by atoms with E-state index in [4.69, 9.17) is 10.00 Å². The second kappa shape index (κ2) is 9.40. The molecule has 156 valence electrons. The molecular formula is C23H26N4O3. The summed E-state index contributed by atoms with van der Waals surface area (Å²) < 4.78 is 4.95. The van der Waals surface area contributed by atoms with Crippen LogP contribution in [-0.4, -0.2) is 30.0 Å². The number of aromatic nitrogens is 1. The first-order valence-electron chi connectivity index (χ1n) is 10.1. The quantitative estimate of drug-likeness (QED) is 0.707. The highest BCUT2D eigenvalue weighted by Crippen LogP contribution is 2.26. The lowest BCUT2D eigenvalue weighted by atomic mass is 9.97. The Hall–Kier alpha value is -3.40. The van der Waals surface area contributed by atoms with Crippen LogP contribution in [0.1, 0.15) is 59.7 Å². The van der Waals surface area contributed by atoms with Crippen LogP contribution >= 0.6 is 0 Å². The van der Waals surface area contributed by atoms with Crippen LogP contribution in [-0.2, 0) is 9.53 Å². The summed E-state index contributed by atoms with van der Waals surface area (Å²) >= 11 is 0. The zero-order valence-electron chi connectivity index (χ0n) is 17.5. The molecule has 1 atom stereocenters. The Balaban J connectivity index is 1.74. The van der Waals surface area contributed by atoms with Gasteiger partial charge in [0, 0.05) is 18.4 Å². The summed E-state index contributed by atoms with van der Waals surface area (Å²) in [5.74, 6) is 0.467. The van der Waals surface area contributed by atoms with Crippen LogP contribution < -0.4 is 10.6 Å². The first kappa shape index (κ1) is 21.3. The molecule has 1 amide bonds. The normalized spacial score (nSPS) is 16.0. The predicted octanol–water partition coefficient (Wildman–Crippen LogP) is 3.81. The number of carbonyl (C=O) groups is 2. The molecule has 0 bridgehead atoms. The van der Waals surface area contributed by atoms with Crippen LogP contribution in [0.15, 0.2) is 30.5 Å².